The van der Waals surface area contributed by atoms with E-state index in [0.29, 0.717) is 18.2 Å². The van der Waals surface area contributed by atoms with E-state index in [0.717, 1.165) is 25.8 Å². The fourth-order valence-corrected chi connectivity index (χ4v) is 2.08. The molecule has 0 bridgehead atoms. The Hall–Kier alpha value is -1.56. The van der Waals surface area contributed by atoms with Gasteiger partial charge in [-0.3, -0.25) is 4.68 Å². The molecule has 3 N–H and O–H groups in total. The monoisotopic (exact) mass is 266 g/mol. The molecule has 6 nitrogen and oxygen atoms in total. The lowest BCUT2D eigenvalue weighted by Crippen LogP contribution is -2.48. The van der Waals surface area contributed by atoms with Gasteiger partial charge >= 0.3 is 6.03 Å². The summed E-state index contributed by atoms with van der Waals surface area (Å²) in [7, 11) is 0. The van der Waals surface area contributed by atoms with Crippen LogP contribution >= 0.6 is 0 Å². The topological polar surface area (TPSA) is 79.2 Å². The minimum Gasteiger partial charge on any atom is -0.388 e. The van der Waals surface area contributed by atoms with Crippen LogP contribution in [0.25, 0.3) is 0 Å². The van der Waals surface area contributed by atoms with Gasteiger partial charge in [-0.05, 0) is 25.2 Å². The lowest BCUT2D eigenvalue weighted by atomic mass is 9.80. The van der Waals surface area contributed by atoms with Crippen LogP contribution in [0, 0.1) is 5.92 Å². The zero-order chi connectivity index (χ0) is 13.9. The van der Waals surface area contributed by atoms with Gasteiger partial charge in [-0.2, -0.15) is 5.10 Å². The zero-order valence-electron chi connectivity index (χ0n) is 11.5. The Labute approximate surface area is 113 Å². The van der Waals surface area contributed by atoms with Crippen LogP contribution in [0.2, 0.25) is 0 Å². The van der Waals surface area contributed by atoms with Crippen LogP contribution in [0.5, 0.6) is 0 Å². The third-order valence-electron chi connectivity index (χ3n) is 3.31. The smallest absolute Gasteiger partial charge is 0.319 e. The molecule has 0 saturated heterocycles. The standard InChI is InChI=1S/C13H22N4O2/c1-10(2)7-17-8-11(6-15-17)16-12(18)14-9-13(19)4-3-5-13/h6,8,10,19H,3-5,7,9H2,1-2H3,(H2,14,16,18). The summed E-state index contributed by atoms with van der Waals surface area (Å²) in [6.45, 7) is 5.35. The van der Waals surface area contributed by atoms with Crippen molar-refractivity contribution in [1.82, 2.24) is 15.1 Å². The number of anilines is 1. The third kappa shape index (κ3) is 3.96. The first-order chi connectivity index (χ1) is 8.97. The van der Waals surface area contributed by atoms with E-state index in [9.17, 15) is 9.90 Å². The quantitative estimate of drug-likeness (QED) is 0.757. The molecule has 1 aromatic heterocycles. The number of amides is 2. The fraction of sp³-hybridized carbons (Fsp3) is 0.692. The van der Waals surface area contributed by atoms with Crippen molar-refractivity contribution in [2.24, 2.45) is 5.92 Å². The molecule has 1 heterocycles. The van der Waals surface area contributed by atoms with Gasteiger partial charge in [0.1, 0.15) is 0 Å². The number of rotatable bonds is 5. The zero-order valence-corrected chi connectivity index (χ0v) is 11.5. The molecule has 1 aliphatic rings. The van der Waals surface area contributed by atoms with Gasteiger partial charge in [0, 0.05) is 19.3 Å². The van der Waals surface area contributed by atoms with Crippen LogP contribution in [0.15, 0.2) is 12.4 Å². The lowest BCUT2D eigenvalue weighted by molar-refractivity contribution is -0.0287. The normalized spacial score (nSPS) is 17.1. The Balaban J connectivity index is 1.76. The predicted molar refractivity (Wildman–Crippen MR) is 72.9 cm³/mol. The first-order valence-corrected chi connectivity index (χ1v) is 6.76. The summed E-state index contributed by atoms with van der Waals surface area (Å²) in [6.07, 6.45) is 5.98. The van der Waals surface area contributed by atoms with E-state index in [-0.39, 0.29) is 6.03 Å². The van der Waals surface area contributed by atoms with Crippen molar-refractivity contribution in [3.05, 3.63) is 12.4 Å². The number of urea groups is 1. The molecule has 2 rings (SSSR count). The van der Waals surface area contributed by atoms with E-state index in [1.54, 1.807) is 17.1 Å². The Kier molecular flexibility index (Phi) is 4.09. The van der Waals surface area contributed by atoms with Crippen molar-refractivity contribution in [1.29, 1.82) is 0 Å². The summed E-state index contributed by atoms with van der Waals surface area (Å²) in [5.41, 5.74) is -0.0298. The average molecular weight is 266 g/mol. The third-order valence-corrected chi connectivity index (χ3v) is 3.31. The van der Waals surface area contributed by atoms with Crippen molar-refractivity contribution in [3.8, 4) is 0 Å². The molecule has 0 atom stereocenters. The van der Waals surface area contributed by atoms with Crippen LogP contribution in [-0.2, 0) is 6.54 Å². The highest BCUT2D eigenvalue weighted by Gasteiger charge is 2.34. The molecule has 0 spiro atoms. The maximum atomic E-state index is 11.7. The number of carbonyl (C=O) groups excluding carboxylic acids is 1. The number of carbonyl (C=O) groups is 1. The average Bonchev–Trinajstić information content (AvgIpc) is 2.70. The van der Waals surface area contributed by atoms with Crippen molar-refractivity contribution in [2.75, 3.05) is 11.9 Å². The van der Waals surface area contributed by atoms with E-state index >= 15 is 0 Å². The molecule has 2 amide bonds. The van der Waals surface area contributed by atoms with Gasteiger partial charge in [0.25, 0.3) is 0 Å². The van der Waals surface area contributed by atoms with Gasteiger partial charge in [0.05, 0.1) is 17.5 Å². The largest absolute Gasteiger partial charge is 0.388 e. The molecule has 0 aromatic carbocycles. The minimum atomic E-state index is -0.695. The number of hydrogen-bond donors (Lipinski definition) is 3. The Bertz CT molecular complexity index is 438. The lowest BCUT2D eigenvalue weighted by Gasteiger charge is -2.36. The Morgan fingerprint density at radius 3 is 2.89 bits per heavy atom. The molecule has 0 unspecified atom stereocenters. The van der Waals surface area contributed by atoms with Crippen LogP contribution in [0.1, 0.15) is 33.1 Å². The molecule has 0 aliphatic heterocycles. The van der Waals surface area contributed by atoms with E-state index in [2.05, 4.69) is 29.6 Å². The van der Waals surface area contributed by atoms with Crippen LogP contribution in [0.4, 0.5) is 10.5 Å². The molecule has 19 heavy (non-hydrogen) atoms. The second-order valence-electron chi connectivity index (χ2n) is 5.73. The fourth-order valence-electron chi connectivity index (χ4n) is 2.08. The van der Waals surface area contributed by atoms with E-state index < -0.39 is 5.60 Å². The summed E-state index contributed by atoms with van der Waals surface area (Å²) in [5.74, 6) is 0.509. The highest BCUT2D eigenvalue weighted by atomic mass is 16.3. The van der Waals surface area contributed by atoms with E-state index in [1.807, 2.05) is 0 Å². The summed E-state index contributed by atoms with van der Waals surface area (Å²) < 4.78 is 1.81. The van der Waals surface area contributed by atoms with E-state index in [4.69, 9.17) is 0 Å². The first kappa shape index (κ1) is 13.9. The van der Waals surface area contributed by atoms with Gasteiger partial charge in [0.2, 0.25) is 0 Å². The van der Waals surface area contributed by atoms with Gasteiger partial charge < -0.3 is 15.7 Å². The molecule has 106 valence electrons. The van der Waals surface area contributed by atoms with Crippen molar-refractivity contribution < 1.29 is 9.90 Å². The molecule has 1 aromatic rings. The SMILES string of the molecule is CC(C)Cn1cc(NC(=O)NCC2(O)CCC2)cn1. The molecular weight excluding hydrogens is 244 g/mol. The van der Waals surface area contributed by atoms with Crippen molar-refractivity contribution >= 4 is 11.7 Å². The molecule has 1 aliphatic carbocycles. The highest BCUT2D eigenvalue weighted by molar-refractivity contribution is 5.88. The molecule has 0 radical (unpaired) electrons. The van der Waals surface area contributed by atoms with Gasteiger partial charge in [-0.1, -0.05) is 13.8 Å². The van der Waals surface area contributed by atoms with Crippen LogP contribution in [0.3, 0.4) is 0 Å². The van der Waals surface area contributed by atoms with E-state index in [1.165, 1.54) is 0 Å². The molecule has 1 saturated carbocycles. The number of nitrogens with one attached hydrogen (secondary N) is 2. The minimum absolute atomic E-state index is 0.301. The van der Waals surface area contributed by atoms with Crippen molar-refractivity contribution in [2.45, 2.75) is 45.3 Å². The summed E-state index contributed by atoms with van der Waals surface area (Å²) in [5, 5.41) is 19.4. The highest BCUT2D eigenvalue weighted by Crippen LogP contribution is 2.30. The first-order valence-electron chi connectivity index (χ1n) is 6.76. The number of aliphatic hydroxyl groups is 1. The van der Waals surface area contributed by atoms with Crippen molar-refractivity contribution in [3.63, 3.8) is 0 Å². The predicted octanol–water partition coefficient (Wildman–Crippen LogP) is 1.58. The van der Waals surface area contributed by atoms with Crippen LogP contribution in [-0.4, -0.2) is 33.1 Å². The molecule has 6 heteroatoms. The maximum Gasteiger partial charge on any atom is 0.319 e. The van der Waals surface area contributed by atoms with Gasteiger partial charge in [0.15, 0.2) is 0 Å². The summed E-state index contributed by atoms with van der Waals surface area (Å²) in [4.78, 5) is 11.7. The second-order valence-corrected chi connectivity index (χ2v) is 5.73. The van der Waals surface area contributed by atoms with Gasteiger partial charge in [-0.15, -0.1) is 0 Å². The molecular formula is C13H22N4O2. The van der Waals surface area contributed by atoms with Crippen LogP contribution < -0.4 is 10.6 Å². The number of aromatic nitrogens is 2. The van der Waals surface area contributed by atoms with Gasteiger partial charge in [-0.25, -0.2) is 4.79 Å². The maximum absolute atomic E-state index is 11.7. The summed E-state index contributed by atoms with van der Waals surface area (Å²) in [6, 6.07) is -0.301. The number of nitrogens with zero attached hydrogens (tertiary/aromatic N) is 2. The second kappa shape index (κ2) is 5.61. The Morgan fingerprint density at radius 2 is 2.32 bits per heavy atom. The molecule has 1 fully saturated rings. The Morgan fingerprint density at radius 1 is 1.58 bits per heavy atom. The number of hydrogen-bond acceptors (Lipinski definition) is 3. The summed E-state index contributed by atoms with van der Waals surface area (Å²) >= 11 is 0.